The number of benzene rings is 1. The number of carbonyl (C=O) groups excluding carboxylic acids is 2. The minimum absolute atomic E-state index is 0.0271. The van der Waals surface area contributed by atoms with Crippen LogP contribution >= 0.6 is 0 Å². The van der Waals surface area contributed by atoms with Gasteiger partial charge in [-0.15, -0.1) is 4.28 Å². The largest absolute Gasteiger partial charge is 0.418 e. The van der Waals surface area contributed by atoms with Gasteiger partial charge in [-0.3, -0.25) is 14.2 Å². The molecule has 3 amide bonds. The summed E-state index contributed by atoms with van der Waals surface area (Å²) in [6.45, 7) is 1.12. The predicted molar refractivity (Wildman–Crippen MR) is 113 cm³/mol. The van der Waals surface area contributed by atoms with Crippen molar-refractivity contribution in [1.82, 2.24) is 30.3 Å². The van der Waals surface area contributed by atoms with E-state index in [2.05, 4.69) is 24.6 Å². The van der Waals surface area contributed by atoms with E-state index in [0.717, 1.165) is 24.0 Å². The number of para-hydroxylation sites is 2. The number of aromatic nitrogens is 2. The number of nitrogens with one attached hydrogen (secondary N) is 2. The molecule has 1 aromatic heterocycles. The van der Waals surface area contributed by atoms with Crippen molar-refractivity contribution in [3.63, 3.8) is 0 Å². The normalized spacial score (nSPS) is 27.5. The van der Waals surface area contributed by atoms with Gasteiger partial charge in [0.15, 0.2) is 0 Å². The summed E-state index contributed by atoms with van der Waals surface area (Å²) in [6, 6.07) is 6.02. The molecule has 5 rings (SSSR count). The molecular formula is C19H24N6O7S. The van der Waals surface area contributed by atoms with Gasteiger partial charge in [-0.25, -0.2) is 15.3 Å². The molecule has 13 nitrogen and oxygen atoms in total. The number of hydroxylamine groups is 3. The minimum atomic E-state index is -4.83. The number of amides is 3. The molecule has 1 aromatic carbocycles. The summed E-state index contributed by atoms with van der Waals surface area (Å²) < 4.78 is 37.3. The standard InChI is InChI=1S/C19H24N6O7S/c26-18(17-6-5-13-9-23(17)19(27)25(13)32-33(28,29)30)22-31-10-12-7-14(8-20-12)24-11-21-15-3-1-2-4-16(15)24/h1-4,11-14,17,20H,5-10H2,(H,22,26)(H,28,29,30)/t12-,13-,14-,17+/m1/s1. The molecule has 0 saturated carbocycles. The fraction of sp³-hybridized carbons (Fsp3) is 0.526. The van der Waals surface area contributed by atoms with Crippen LogP contribution in [0.3, 0.4) is 0 Å². The van der Waals surface area contributed by atoms with E-state index in [1.165, 1.54) is 4.90 Å². The highest BCUT2D eigenvalue weighted by Gasteiger charge is 2.49. The molecule has 0 radical (unpaired) electrons. The number of carbonyl (C=O) groups is 2. The van der Waals surface area contributed by atoms with Gasteiger partial charge in [-0.2, -0.15) is 13.5 Å². The van der Waals surface area contributed by atoms with Crippen molar-refractivity contribution in [2.24, 2.45) is 0 Å². The number of piperidine rings is 1. The van der Waals surface area contributed by atoms with Crippen LogP contribution in [0.25, 0.3) is 11.0 Å². The van der Waals surface area contributed by atoms with Crippen LogP contribution in [0.1, 0.15) is 25.3 Å². The van der Waals surface area contributed by atoms with Crippen LogP contribution in [-0.4, -0.2) is 82.2 Å². The van der Waals surface area contributed by atoms with Gasteiger partial charge in [0.2, 0.25) is 0 Å². The van der Waals surface area contributed by atoms with Gasteiger partial charge in [0.05, 0.1) is 30.0 Å². The maximum Gasteiger partial charge on any atom is 0.418 e. The summed E-state index contributed by atoms with van der Waals surface area (Å²) in [5.41, 5.74) is 4.41. The zero-order valence-corrected chi connectivity index (χ0v) is 18.3. The first kappa shape index (κ1) is 22.0. The van der Waals surface area contributed by atoms with Crippen LogP contribution in [0.15, 0.2) is 30.6 Å². The second kappa shape index (κ2) is 8.53. The molecule has 0 unspecified atom stereocenters. The number of imidazole rings is 1. The molecule has 4 atom stereocenters. The second-order valence-electron chi connectivity index (χ2n) is 8.42. The lowest BCUT2D eigenvalue weighted by Gasteiger charge is -2.29. The molecule has 0 spiro atoms. The van der Waals surface area contributed by atoms with Gasteiger partial charge in [0, 0.05) is 25.2 Å². The van der Waals surface area contributed by atoms with Gasteiger partial charge in [-0.05, 0) is 31.4 Å². The molecule has 3 aliphatic rings. The van der Waals surface area contributed by atoms with E-state index < -0.39 is 34.4 Å². The lowest BCUT2D eigenvalue weighted by Crippen LogP contribution is -2.50. The van der Waals surface area contributed by atoms with Crippen molar-refractivity contribution in [1.29, 1.82) is 0 Å². The molecule has 14 heteroatoms. The van der Waals surface area contributed by atoms with Crippen molar-refractivity contribution in [3.8, 4) is 0 Å². The van der Waals surface area contributed by atoms with Gasteiger partial charge >= 0.3 is 16.4 Å². The SMILES string of the molecule is O=C(NOC[C@H]1C[C@@H](n2cnc3ccccc32)CN1)[C@@H]1CC[C@@H]2CN1C(=O)N2OS(=O)(=O)O. The molecule has 178 valence electrons. The molecule has 3 fully saturated rings. The molecule has 3 saturated heterocycles. The first-order valence-corrected chi connectivity index (χ1v) is 12.0. The summed E-state index contributed by atoms with van der Waals surface area (Å²) in [7, 11) is -4.83. The Balaban J connectivity index is 1.12. The average Bonchev–Trinajstić information content (AvgIpc) is 3.47. The lowest BCUT2D eigenvalue weighted by atomic mass is 10.0. The maximum atomic E-state index is 12.6. The second-order valence-corrected chi connectivity index (χ2v) is 9.43. The van der Waals surface area contributed by atoms with Gasteiger partial charge < -0.3 is 14.8 Å². The van der Waals surface area contributed by atoms with E-state index in [4.69, 9.17) is 9.39 Å². The summed E-state index contributed by atoms with van der Waals surface area (Å²) in [6.07, 6.45) is 3.29. The zero-order chi connectivity index (χ0) is 23.2. The van der Waals surface area contributed by atoms with Crippen molar-refractivity contribution in [3.05, 3.63) is 30.6 Å². The third-order valence-electron chi connectivity index (χ3n) is 6.33. The van der Waals surface area contributed by atoms with Crippen molar-refractivity contribution in [2.75, 3.05) is 19.7 Å². The molecule has 2 bridgehead atoms. The fourth-order valence-corrected chi connectivity index (χ4v) is 5.18. The van der Waals surface area contributed by atoms with Crippen LogP contribution in [0.4, 0.5) is 4.79 Å². The quantitative estimate of drug-likeness (QED) is 0.366. The van der Waals surface area contributed by atoms with Crippen molar-refractivity contribution in [2.45, 2.75) is 43.4 Å². The molecule has 3 N–H and O–H groups in total. The third kappa shape index (κ3) is 4.39. The predicted octanol–water partition coefficient (Wildman–Crippen LogP) is -0.00990. The highest BCUT2D eigenvalue weighted by molar-refractivity contribution is 7.80. The highest BCUT2D eigenvalue weighted by Crippen LogP contribution is 2.31. The minimum Gasteiger partial charge on any atom is -0.326 e. The molecule has 0 aliphatic carbocycles. The Kier molecular flexibility index (Phi) is 5.70. The number of nitrogens with zero attached hydrogens (tertiary/aromatic N) is 4. The van der Waals surface area contributed by atoms with Crippen LogP contribution < -0.4 is 10.8 Å². The first-order valence-electron chi connectivity index (χ1n) is 10.6. The number of hydrogen-bond acceptors (Lipinski definition) is 8. The van der Waals surface area contributed by atoms with Crippen LogP contribution in [-0.2, 0) is 24.3 Å². The topological polar surface area (TPSA) is 155 Å². The fourth-order valence-electron chi connectivity index (χ4n) is 4.79. The van der Waals surface area contributed by atoms with E-state index in [-0.39, 0.29) is 25.2 Å². The van der Waals surface area contributed by atoms with Crippen LogP contribution in [0, 0.1) is 0 Å². The number of rotatable bonds is 7. The van der Waals surface area contributed by atoms with Crippen molar-refractivity contribution >= 4 is 33.4 Å². The van der Waals surface area contributed by atoms with Crippen molar-refractivity contribution < 1.29 is 31.7 Å². The van der Waals surface area contributed by atoms with E-state index >= 15 is 0 Å². The molecule has 3 aliphatic heterocycles. The first-order chi connectivity index (χ1) is 15.8. The Morgan fingerprint density at radius 2 is 2.09 bits per heavy atom. The van der Waals surface area contributed by atoms with E-state index in [9.17, 15) is 18.0 Å². The Morgan fingerprint density at radius 3 is 2.91 bits per heavy atom. The summed E-state index contributed by atoms with van der Waals surface area (Å²) in [5.74, 6) is -0.495. The highest BCUT2D eigenvalue weighted by atomic mass is 32.3. The summed E-state index contributed by atoms with van der Waals surface area (Å²) >= 11 is 0. The lowest BCUT2D eigenvalue weighted by molar-refractivity contribution is -0.139. The summed E-state index contributed by atoms with van der Waals surface area (Å²) in [5, 5.41) is 3.98. The van der Waals surface area contributed by atoms with Crippen LogP contribution in [0.2, 0.25) is 0 Å². The molecule has 4 heterocycles. The molecule has 33 heavy (non-hydrogen) atoms. The summed E-state index contributed by atoms with van der Waals surface area (Å²) in [4.78, 5) is 36.1. The van der Waals surface area contributed by atoms with Gasteiger partial charge in [0.25, 0.3) is 5.91 Å². The van der Waals surface area contributed by atoms with Crippen LogP contribution in [0.5, 0.6) is 0 Å². The van der Waals surface area contributed by atoms with E-state index in [1.54, 1.807) is 0 Å². The third-order valence-corrected chi connectivity index (χ3v) is 6.68. The smallest absolute Gasteiger partial charge is 0.326 e. The van der Waals surface area contributed by atoms with Gasteiger partial charge in [0.1, 0.15) is 6.04 Å². The molecule has 2 aromatic rings. The van der Waals surface area contributed by atoms with E-state index in [1.807, 2.05) is 30.6 Å². The average molecular weight is 481 g/mol. The Bertz CT molecular complexity index is 1170. The Hall–Kier alpha value is -2.78. The van der Waals surface area contributed by atoms with E-state index in [0.29, 0.717) is 17.9 Å². The number of fused-ring (bicyclic) bond motifs is 3. The monoisotopic (exact) mass is 480 g/mol. The number of hydrogen-bond donors (Lipinski definition) is 3. The number of urea groups is 1. The zero-order valence-electron chi connectivity index (χ0n) is 17.5. The maximum absolute atomic E-state index is 12.6. The molecular weight excluding hydrogens is 456 g/mol. The Morgan fingerprint density at radius 1 is 1.27 bits per heavy atom. The van der Waals surface area contributed by atoms with Gasteiger partial charge in [-0.1, -0.05) is 12.1 Å². The Labute approximate surface area is 189 Å².